The quantitative estimate of drug-likeness (QED) is 0.553. The second-order valence-electron chi connectivity index (χ2n) is 6.29. The number of hydrogen-bond acceptors (Lipinski definition) is 5. The van der Waals surface area contributed by atoms with Gasteiger partial charge in [0.1, 0.15) is 10.8 Å². The minimum Gasteiger partial charge on any atom is -0.497 e. The molecule has 1 aliphatic rings. The Morgan fingerprint density at radius 1 is 1.22 bits per heavy atom. The lowest BCUT2D eigenvalue weighted by Gasteiger charge is -2.13. The summed E-state index contributed by atoms with van der Waals surface area (Å²) < 4.78 is 10.4. The van der Waals surface area contributed by atoms with E-state index < -0.39 is 0 Å². The fourth-order valence-electron chi connectivity index (χ4n) is 3.15. The van der Waals surface area contributed by atoms with E-state index in [1.807, 2.05) is 31.2 Å². The molecule has 1 aromatic heterocycles. The molecule has 0 atom stereocenters. The van der Waals surface area contributed by atoms with Gasteiger partial charge in [-0.3, -0.25) is 0 Å². The Morgan fingerprint density at radius 3 is 2.67 bits per heavy atom. The smallest absolute Gasteiger partial charge is 0.341 e. The van der Waals surface area contributed by atoms with E-state index in [4.69, 9.17) is 21.7 Å². The lowest BCUT2D eigenvalue weighted by Crippen LogP contribution is -2.28. The first-order valence-electron chi connectivity index (χ1n) is 9.11. The van der Waals surface area contributed by atoms with Crippen LogP contribution < -0.4 is 15.4 Å². The Hall–Kier alpha value is -2.12. The molecule has 144 valence electrons. The summed E-state index contributed by atoms with van der Waals surface area (Å²) in [7, 11) is 1.65. The van der Waals surface area contributed by atoms with E-state index in [1.54, 1.807) is 18.4 Å². The van der Waals surface area contributed by atoms with Crippen LogP contribution in [0.2, 0.25) is 0 Å². The number of methoxy groups -OCH3 is 1. The van der Waals surface area contributed by atoms with Gasteiger partial charge in [0.2, 0.25) is 0 Å². The molecule has 2 N–H and O–H groups in total. The number of rotatable bonds is 6. The number of thiophene rings is 1. The molecule has 0 unspecified atom stereocenters. The van der Waals surface area contributed by atoms with Crippen LogP contribution in [0.1, 0.15) is 46.1 Å². The fraction of sp³-hybridized carbons (Fsp3) is 0.400. The topological polar surface area (TPSA) is 59.6 Å². The Balaban J connectivity index is 1.69. The maximum atomic E-state index is 12.5. The molecule has 0 spiro atoms. The molecule has 1 aliphatic carbocycles. The average Bonchev–Trinajstić information content (AvgIpc) is 3.04. The summed E-state index contributed by atoms with van der Waals surface area (Å²) in [6.45, 7) is 2.78. The Labute approximate surface area is 169 Å². The summed E-state index contributed by atoms with van der Waals surface area (Å²) in [5.41, 5.74) is 2.88. The van der Waals surface area contributed by atoms with Crippen molar-refractivity contribution in [2.45, 2.75) is 39.2 Å². The third-order valence-electron chi connectivity index (χ3n) is 4.49. The van der Waals surface area contributed by atoms with E-state index in [1.165, 1.54) is 4.88 Å². The molecule has 0 fully saturated rings. The van der Waals surface area contributed by atoms with E-state index in [-0.39, 0.29) is 5.97 Å². The number of fused-ring (bicyclic) bond motifs is 1. The fourth-order valence-corrected chi connectivity index (χ4v) is 4.67. The van der Waals surface area contributed by atoms with Crippen LogP contribution in [0.4, 0.5) is 5.00 Å². The molecule has 0 saturated heterocycles. The number of aryl methyl sites for hydroxylation is 1. The Morgan fingerprint density at radius 2 is 1.96 bits per heavy atom. The van der Waals surface area contributed by atoms with Gasteiger partial charge in [-0.2, -0.15) is 0 Å². The summed E-state index contributed by atoms with van der Waals surface area (Å²) in [6.07, 6.45) is 4.21. The number of carbonyl (C=O) groups is 1. The molecule has 0 aliphatic heterocycles. The molecule has 0 amide bonds. The molecule has 0 saturated carbocycles. The van der Waals surface area contributed by atoms with Crippen LogP contribution in [0.3, 0.4) is 0 Å². The number of ether oxygens (including phenoxy) is 2. The van der Waals surface area contributed by atoms with Gasteiger partial charge >= 0.3 is 5.97 Å². The van der Waals surface area contributed by atoms with Crippen LogP contribution in [0, 0.1) is 0 Å². The highest BCUT2D eigenvalue weighted by molar-refractivity contribution is 7.80. The second kappa shape index (κ2) is 9.19. The Kier molecular flexibility index (Phi) is 6.68. The number of carbonyl (C=O) groups excluding carboxylic acids is 1. The second-order valence-corrected chi connectivity index (χ2v) is 7.80. The zero-order valence-electron chi connectivity index (χ0n) is 15.6. The number of thiocarbonyl (C=S) groups is 1. The first kappa shape index (κ1) is 19.6. The predicted octanol–water partition coefficient (Wildman–Crippen LogP) is 4.30. The van der Waals surface area contributed by atoms with Crippen LogP contribution in [0.25, 0.3) is 0 Å². The van der Waals surface area contributed by atoms with Crippen LogP contribution in [-0.2, 0) is 24.1 Å². The lowest BCUT2D eigenvalue weighted by molar-refractivity contribution is 0.0526. The maximum Gasteiger partial charge on any atom is 0.341 e. The van der Waals surface area contributed by atoms with E-state index in [0.717, 1.165) is 47.6 Å². The van der Waals surface area contributed by atoms with E-state index in [2.05, 4.69) is 10.6 Å². The molecular weight excluding hydrogens is 380 g/mol. The maximum absolute atomic E-state index is 12.5. The summed E-state index contributed by atoms with van der Waals surface area (Å²) in [6, 6.07) is 7.81. The summed E-state index contributed by atoms with van der Waals surface area (Å²) in [4.78, 5) is 13.8. The number of benzene rings is 1. The first-order chi connectivity index (χ1) is 13.1. The zero-order valence-corrected chi connectivity index (χ0v) is 17.2. The molecule has 0 bridgehead atoms. The van der Waals surface area contributed by atoms with E-state index in [9.17, 15) is 4.79 Å². The highest BCUT2D eigenvalue weighted by atomic mass is 32.1. The number of hydrogen-bond donors (Lipinski definition) is 2. The van der Waals surface area contributed by atoms with Gasteiger partial charge in [0, 0.05) is 11.4 Å². The summed E-state index contributed by atoms with van der Waals surface area (Å²) in [5, 5.41) is 7.69. The van der Waals surface area contributed by atoms with Crippen molar-refractivity contribution in [3.8, 4) is 5.75 Å². The zero-order chi connectivity index (χ0) is 19.2. The normalized spacial score (nSPS) is 12.8. The highest BCUT2D eigenvalue weighted by Gasteiger charge is 2.26. The van der Waals surface area contributed by atoms with Crippen molar-refractivity contribution in [3.63, 3.8) is 0 Å². The van der Waals surface area contributed by atoms with Gasteiger partial charge in [-0.05, 0) is 68.1 Å². The van der Waals surface area contributed by atoms with Crippen LogP contribution >= 0.6 is 23.6 Å². The molecule has 2 aromatic rings. The van der Waals surface area contributed by atoms with Crippen LogP contribution in [0.5, 0.6) is 5.75 Å². The van der Waals surface area contributed by atoms with Gasteiger partial charge in [0.15, 0.2) is 5.11 Å². The van der Waals surface area contributed by atoms with Crippen LogP contribution in [-0.4, -0.2) is 24.8 Å². The van der Waals surface area contributed by atoms with Crippen molar-refractivity contribution in [1.29, 1.82) is 0 Å². The van der Waals surface area contributed by atoms with Crippen molar-refractivity contribution >= 4 is 39.6 Å². The first-order valence-corrected chi connectivity index (χ1v) is 10.3. The van der Waals surface area contributed by atoms with Crippen molar-refractivity contribution in [3.05, 3.63) is 45.8 Å². The van der Waals surface area contributed by atoms with Crippen molar-refractivity contribution in [1.82, 2.24) is 5.32 Å². The molecule has 1 heterocycles. The van der Waals surface area contributed by atoms with E-state index in [0.29, 0.717) is 23.8 Å². The van der Waals surface area contributed by atoms with Gasteiger partial charge in [-0.1, -0.05) is 12.1 Å². The minimum absolute atomic E-state index is 0.266. The summed E-state index contributed by atoms with van der Waals surface area (Å²) >= 11 is 7.06. The Bertz CT molecular complexity index is 815. The molecular formula is C20H24N2O3S2. The van der Waals surface area contributed by atoms with Gasteiger partial charge in [-0.15, -0.1) is 11.3 Å². The van der Waals surface area contributed by atoms with Crippen molar-refractivity contribution in [2.24, 2.45) is 0 Å². The third-order valence-corrected chi connectivity index (χ3v) is 5.94. The van der Waals surface area contributed by atoms with E-state index >= 15 is 0 Å². The van der Waals surface area contributed by atoms with Crippen LogP contribution in [0.15, 0.2) is 24.3 Å². The molecule has 7 heteroatoms. The lowest BCUT2D eigenvalue weighted by atomic mass is 9.95. The number of esters is 1. The number of nitrogens with one attached hydrogen (secondary N) is 2. The predicted molar refractivity (Wildman–Crippen MR) is 113 cm³/mol. The van der Waals surface area contributed by atoms with Crippen molar-refractivity contribution in [2.75, 3.05) is 19.0 Å². The van der Waals surface area contributed by atoms with Gasteiger partial charge in [0.25, 0.3) is 0 Å². The van der Waals surface area contributed by atoms with Crippen molar-refractivity contribution < 1.29 is 14.3 Å². The third kappa shape index (κ3) is 4.78. The molecule has 1 aromatic carbocycles. The summed E-state index contributed by atoms with van der Waals surface area (Å²) in [5.74, 6) is 0.556. The number of anilines is 1. The van der Waals surface area contributed by atoms with Gasteiger partial charge < -0.3 is 20.1 Å². The minimum atomic E-state index is -0.266. The SMILES string of the molecule is CCOC(=O)c1c(NC(=S)NCc2ccc(OC)cc2)sc2c1CCCC2. The average molecular weight is 405 g/mol. The van der Waals surface area contributed by atoms with Gasteiger partial charge in [0.05, 0.1) is 19.3 Å². The standard InChI is InChI=1S/C20H24N2O3S2/c1-3-25-19(23)17-15-6-4-5-7-16(15)27-18(17)22-20(26)21-12-13-8-10-14(24-2)11-9-13/h8-11H,3-7,12H2,1-2H3,(H2,21,22,26). The highest BCUT2D eigenvalue weighted by Crippen LogP contribution is 2.38. The molecule has 0 radical (unpaired) electrons. The monoisotopic (exact) mass is 404 g/mol. The molecule has 5 nitrogen and oxygen atoms in total. The molecule has 3 rings (SSSR count). The molecule has 27 heavy (non-hydrogen) atoms. The van der Waals surface area contributed by atoms with Gasteiger partial charge in [-0.25, -0.2) is 4.79 Å². The largest absolute Gasteiger partial charge is 0.497 e.